The molecule has 38 heavy (non-hydrogen) atoms. The van der Waals surface area contributed by atoms with E-state index in [0.717, 1.165) is 55.1 Å². The Kier molecular flexibility index (Phi) is 7.44. The first kappa shape index (κ1) is 25.5. The molecule has 2 heterocycles. The van der Waals surface area contributed by atoms with Gasteiger partial charge in [0.25, 0.3) is 5.91 Å². The quantitative estimate of drug-likeness (QED) is 0.320. The fourth-order valence-corrected chi connectivity index (χ4v) is 4.74. The van der Waals surface area contributed by atoms with Gasteiger partial charge in [-0.2, -0.15) is 0 Å². The van der Waals surface area contributed by atoms with Gasteiger partial charge in [0.05, 0.1) is 24.3 Å². The number of aryl methyl sites for hydroxylation is 1. The summed E-state index contributed by atoms with van der Waals surface area (Å²) < 4.78 is 11.2. The lowest BCUT2D eigenvalue weighted by Crippen LogP contribution is -2.35. The van der Waals surface area contributed by atoms with E-state index in [-0.39, 0.29) is 28.9 Å². The van der Waals surface area contributed by atoms with Gasteiger partial charge in [-0.1, -0.05) is 59.3 Å². The van der Waals surface area contributed by atoms with Crippen molar-refractivity contribution in [2.75, 3.05) is 32.8 Å². The van der Waals surface area contributed by atoms with Gasteiger partial charge in [0.15, 0.2) is 11.5 Å². The fraction of sp³-hybridized carbons (Fsp3) is 0.267. The number of hydrogen-bond acceptors (Lipinski definition) is 7. The topological polar surface area (TPSA) is 108 Å². The van der Waals surface area contributed by atoms with Crippen LogP contribution < -0.4 is 5.32 Å². The second-order valence-corrected chi connectivity index (χ2v) is 9.44. The predicted molar refractivity (Wildman–Crippen MR) is 145 cm³/mol. The van der Waals surface area contributed by atoms with Gasteiger partial charge in [0.2, 0.25) is 0 Å². The molecule has 1 aromatic heterocycles. The van der Waals surface area contributed by atoms with Crippen LogP contribution in [-0.2, 0) is 11.3 Å². The van der Waals surface area contributed by atoms with E-state index in [1.165, 1.54) is 6.07 Å². The highest BCUT2D eigenvalue weighted by molar-refractivity contribution is 6.03. The van der Waals surface area contributed by atoms with Crippen LogP contribution in [0.5, 0.6) is 11.5 Å². The maximum Gasteiger partial charge on any atom is 0.274 e. The van der Waals surface area contributed by atoms with Crippen molar-refractivity contribution >= 4 is 5.91 Å². The van der Waals surface area contributed by atoms with E-state index in [4.69, 9.17) is 9.26 Å². The summed E-state index contributed by atoms with van der Waals surface area (Å²) in [6, 6.07) is 18.6. The molecule has 0 bridgehead atoms. The third-order valence-electron chi connectivity index (χ3n) is 6.68. The number of phenols is 2. The summed E-state index contributed by atoms with van der Waals surface area (Å²) in [5, 5.41) is 28.4. The number of nitrogens with zero attached hydrogens (tertiary/aromatic N) is 2. The van der Waals surface area contributed by atoms with Crippen molar-refractivity contribution in [3.63, 3.8) is 0 Å². The second kappa shape index (κ2) is 11.1. The first-order valence-electron chi connectivity index (χ1n) is 12.7. The molecule has 3 N–H and O–H groups in total. The Morgan fingerprint density at radius 3 is 2.42 bits per heavy atom. The first-order chi connectivity index (χ1) is 18.4. The SMILES string of the molecule is CCNC(=O)c1noc(-c2cc(-c3cccc(C)c3)c(O)cc2O)c1-c1ccc(CN2CCOCC2)cc1. The average molecular weight is 514 g/mol. The number of ether oxygens (including phenoxy) is 1. The summed E-state index contributed by atoms with van der Waals surface area (Å²) >= 11 is 0. The van der Waals surface area contributed by atoms with E-state index in [0.29, 0.717) is 23.2 Å². The first-order valence-corrected chi connectivity index (χ1v) is 12.7. The monoisotopic (exact) mass is 513 g/mol. The van der Waals surface area contributed by atoms with Crippen LogP contribution in [0.4, 0.5) is 0 Å². The van der Waals surface area contributed by atoms with Gasteiger partial charge in [-0.3, -0.25) is 9.69 Å². The minimum absolute atomic E-state index is 0.0608. The van der Waals surface area contributed by atoms with Gasteiger partial charge in [-0.15, -0.1) is 0 Å². The van der Waals surface area contributed by atoms with Gasteiger partial charge < -0.3 is 24.8 Å². The molecule has 4 aromatic rings. The van der Waals surface area contributed by atoms with Gasteiger partial charge in [-0.25, -0.2) is 0 Å². The largest absolute Gasteiger partial charge is 0.507 e. The molecule has 8 nitrogen and oxygen atoms in total. The third kappa shape index (κ3) is 5.27. The highest BCUT2D eigenvalue weighted by Crippen LogP contribution is 2.44. The molecule has 0 aliphatic carbocycles. The summed E-state index contributed by atoms with van der Waals surface area (Å²) in [5.74, 6) is -0.359. The molecule has 196 valence electrons. The summed E-state index contributed by atoms with van der Waals surface area (Å²) in [5.41, 5.74) is 5.17. The van der Waals surface area contributed by atoms with Crippen molar-refractivity contribution < 1.29 is 24.3 Å². The Bertz CT molecular complexity index is 1440. The zero-order chi connectivity index (χ0) is 26.6. The summed E-state index contributed by atoms with van der Waals surface area (Å²) in [6.45, 7) is 8.29. The molecular weight excluding hydrogens is 482 g/mol. The molecule has 0 radical (unpaired) electrons. The molecule has 0 saturated carbocycles. The van der Waals surface area contributed by atoms with E-state index >= 15 is 0 Å². The van der Waals surface area contributed by atoms with E-state index in [1.807, 2.05) is 62.4 Å². The van der Waals surface area contributed by atoms with Crippen LogP contribution in [0.15, 0.2) is 65.2 Å². The van der Waals surface area contributed by atoms with E-state index < -0.39 is 0 Å². The normalized spacial score (nSPS) is 13.9. The number of benzene rings is 3. The van der Waals surface area contributed by atoms with Crippen molar-refractivity contribution in [1.29, 1.82) is 0 Å². The summed E-state index contributed by atoms with van der Waals surface area (Å²) in [7, 11) is 0. The molecule has 3 aromatic carbocycles. The number of amides is 1. The van der Waals surface area contributed by atoms with Crippen LogP contribution >= 0.6 is 0 Å². The van der Waals surface area contributed by atoms with Crippen LogP contribution in [-0.4, -0.2) is 59.0 Å². The standard InChI is InChI=1S/C30H31N3O5/c1-3-31-30(36)28-27(21-9-7-20(8-10-21)18-33-11-13-37-14-12-33)29(38-32-28)24-16-23(25(34)17-26(24)35)22-6-4-5-19(2)15-22/h4-10,15-17,34-35H,3,11-14,18H2,1-2H3,(H,31,36). The smallest absolute Gasteiger partial charge is 0.274 e. The lowest BCUT2D eigenvalue weighted by Gasteiger charge is -2.26. The molecule has 1 saturated heterocycles. The van der Waals surface area contributed by atoms with Crippen LogP contribution in [0, 0.1) is 6.92 Å². The molecule has 0 unspecified atom stereocenters. The van der Waals surface area contributed by atoms with Crippen molar-refractivity contribution in [3.8, 4) is 45.1 Å². The minimum Gasteiger partial charge on any atom is -0.507 e. The van der Waals surface area contributed by atoms with Crippen LogP contribution in [0.2, 0.25) is 0 Å². The zero-order valence-corrected chi connectivity index (χ0v) is 21.5. The molecule has 1 aliphatic rings. The Labute approximate surface area is 221 Å². The van der Waals surface area contributed by atoms with Crippen molar-refractivity contribution in [2.45, 2.75) is 20.4 Å². The Morgan fingerprint density at radius 2 is 1.71 bits per heavy atom. The predicted octanol–water partition coefficient (Wildman–Crippen LogP) is 4.98. The molecule has 1 fully saturated rings. The molecule has 5 rings (SSSR count). The zero-order valence-electron chi connectivity index (χ0n) is 21.5. The number of morpholine rings is 1. The number of aromatic nitrogens is 1. The number of carbonyl (C=O) groups is 1. The number of nitrogens with one attached hydrogen (secondary N) is 1. The average Bonchev–Trinajstić information content (AvgIpc) is 3.35. The van der Waals surface area contributed by atoms with Gasteiger partial charge in [-0.05, 0) is 36.6 Å². The van der Waals surface area contributed by atoms with Crippen LogP contribution in [0.25, 0.3) is 33.6 Å². The van der Waals surface area contributed by atoms with E-state index in [9.17, 15) is 15.0 Å². The second-order valence-electron chi connectivity index (χ2n) is 9.44. The number of hydrogen-bond donors (Lipinski definition) is 3. The van der Waals surface area contributed by atoms with E-state index in [1.54, 1.807) is 6.07 Å². The number of rotatable bonds is 7. The van der Waals surface area contributed by atoms with Gasteiger partial charge in [0.1, 0.15) is 11.5 Å². The van der Waals surface area contributed by atoms with E-state index in [2.05, 4.69) is 15.4 Å². The lowest BCUT2D eigenvalue weighted by atomic mass is 9.94. The minimum atomic E-state index is -0.368. The number of phenolic OH excluding ortho intramolecular Hbond substituents is 2. The molecule has 8 heteroatoms. The van der Waals surface area contributed by atoms with Gasteiger partial charge in [0, 0.05) is 37.8 Å². The lowest BCUT2D eigenvalue weighted by molar-refractivity contribution is 0.0342. The molecular formula is C30H31N3O5. The molecule has 0 spiro atoms. The Balaban J connectivity index is 1.58. The fourth-order valence-electron chi connectivity index (χ4n) is 4.74. The number of carbonyl (C=O) groups excluding carboxylic acids is 1. The Hall–Kier alpha value is -4.14. The van der Waals surface area contributed by atoms with Gasteiger partial charge >= 0.3 is 0 Å². The van der Waals surface area contributed by atoms with Crippen molar-refractivity contribution in [2.24, 2.45) is 0 Å². The maximum atomic E-state index is 12.9. The Morgan fingerprint density at radius 1 is 0.974 bits per heavy atom. The molecule has 1 aliphatic heterocycles. The third-order valence-corrected chi connectivity index (χ3v) is 6.68. The highest BCUT2D eigenvalue weighted by atomic mass is 16.5. The summed E-state index contributed by atoms with van der Waals surface area (Å²) in [6.07, 6.45) is 0. The summed E-state index contributed by atoms with van der Waals surface area (Å²) in [4.78, 5) is 15.3. The maximum absolute atomic E-state index is 12.9. The van der Waals surface area contributed by atoms with Crippen LogP contribution in [0.1, 0.15) is 28.5 Å². The molecule has 1 amide bonds. The molecule has 0 atom stereocenters. The number of aromatic hydroxyl groups is 2. The van der Waals surface area contributed by atoms with Crippen LogP contribution in [0.3, 0.4) is 0 Å². The van der Waals surface area contributed by atoms with Crippen molar-refractivity contribution in [1.82, 2.24) is 15.4 Å². The van der Waals surface area contributed by atoms with Crippen molar-refractivity contribution in [3.05, 3.63) is 77.5 Å². The highest BCUT2D eigenvalue weighted by Gasteiger charge is 2.27.